The molecule has 0 saturated carbocycles. The molecule has 4 rings (SSSR count). The van der Waals surface area contributed by atoms with Gasteiger partial charge in [0.15, 0.2) is 5.65 Å². The first kappa shape index (κ1) is 15.0. The number of halogens is 1. The molecule has 1 aliphatic rings. The first-order chi connectivity index (χ1) is 11.6. The highest BCUT2D eigenvalue weighted by molar-refractivity contribution is 5.72. The van der Waals surface area contributed by atoms with Crippen LogP contribution in [0.5, 0.6) is 0 Å². The van der Waals surface area contributed by atoms with Crippen molar-refractivity contribution in [2.75, 3.05) is 6.54 Å². The second-order valence-corrected chi connectivity index (χ2v) is 6.20. The first-order valence-electron chi connectivity index (χ1n) is 8.02. The number of fused-ring (bicyclic) bond motifs is 1. The fraction of sp³-hybridized carbons (Fsp3) is 0.353. The number of H-pyrrole nitrogens is 1. The molecular formula is C17H18FN5O. The number of nitrogens with zero attached hydrogens (tertiary/aromatic N) is 4. The van der Waals surface area contributed by atoms with E-state index in [-0.39, 0.29) is 17.4 Å². The van der Waals surface area contributed by atoms with Gasteiger partial charge in [0.1, 0.15) is 17.0 Å². The van der Waals surface area contributed by atoms with Gasteiger partial charge in [0.2, 0.25) is 0 Å². The molecule has 1 aliphatic heterocycles. The van der Waals surface area contributed by atoms with E-state index in [0.29, 0.717) is 23.4 Å². The number of nitrogens with one attached hydrogen (secondary N) is 1. The molecule has 7 heteroatoms. The number of aromatic amines is 1. The van der Waals surface area contributed by atoms with Gasteiger partial charge in [-0.2, -0.15) is 5.10 Å². The summed E-state index contributed by atoms with van der Waals surface area (Å²) in [5, 5.41) is 4.58. The van der Waals surface area contributed by atoms with Gasteiger partial charge in [0.05, 0.1) is 12.7 Å². The van der Waals surface area contributed by atoms with Gasteiger partial charge in [0, 0.05) is 13.1 Å². The number of aryl methyl sites for hydroxylation is 1. The molecule has 2 aromatic heterocycles. The van der Waals surface area contributed by atoms with Gasteiger partial charge in [-0.3, -0.25) is 14.4 Å². The van der Waals surface area contributed by atoms with Gasteiger partial charge in [0.25, 0.3) is 5.56 Å². The summed E-state index contributed by atoms with van der Waals surface area (Å²) in [5.41, 5.74) is 1.52. The Labute approximate surface area is 137 Å². The quantitative estimate of drug-likeness (QED) is 0.800. The van der Waals surface area contributed by atoms with E-state index in [1.54, 1.807) is 11.7 Å². The molecule has 124 valence electrons. The Morgan fingerprint density at radius 1 is 1.33 bits per heavy atom. The van der Waals surface area contributed by atoms with Crippen LogP contribution in [0.4, 0.5) is 4.39 Å². The topological polar surface area (TPSA) is 66.8 Å². The van der Waals surface area contributed by atoms with Crippen molar-refractivity contribution in [3.8, 4) is 0 Å². The minimum Gasteiger partial charge on any atom is -0.309 e. The van der Waals surface area contributed by atoms with Crippen molar-refractivity contribution < 1.29 is 4.39 Å². The van der Waals surface area contributed by atoms with Crippen molar-refractivity contribution in [2.24, 2.45) is 7.05 Å². The molecule has 0 radical (unpaired) electrons. The number of likely N-dealkylation sites (tertiary alicyclic amines) is 1. The smallest absolute Gasteiger partial charge is 0.262 e. The summed E-state index contributed by atoms with van der Waals surface area (Å²) < 4.78 is 14.8. The van der Waals surface area contributed by atoms with Crippen molar-refractivity contribution in [3.05, 3.63) is 58.0 Å². The van der Waals surface area contributed by atoms with Crippen molar-refractivity contribution in [2.45, 2.75) is 25.4 Å². The van der Waals surface area contributed by atoms with Gasteiger partial charge in [-0.25, -0.2) is 9.37 Å². The molecule has 0 spiro atoms. The third kappa shape index (κ3) is 2.60. The highest BCUT2D eigenvalue weighted by atomic mass is 19.1. The molecular weight excluding hydrogens is 309 g/mol. The van der Waals surface area contributed by atoms with Crippen LogP contribution in [0.1, 0.15) is 30.3 Å². The van der Waals surface area contributed by atoms with Crippen molar-refractivity contribution in [1.29, 1.82) is 0 Å². The van der Waals surface area contributed by atoms with Crippen molar-refractivity contribution in [1.82, 2.24) is 24.6 Å². The van der Waals surface area contributed by atoms with Crippen LogP contribution in [0.2, 0.25) is 0 Å². The Bertz CT molecular complexity index is 930. The Morgan fingerprint density at radius 3 is 2.92 bits per heavy atom. The lowest BCUT2D eigenvalue weighted by atomic mass is 10.0. The van der Waals surface area contributed by atoms with Crippen LogP contribution >= 0.6 is 0 Å². The Morgan fingerprint density at radius 2 is 2.12 bits per heavy atom. The third-order valence-corrected chi connectivity index (χ3v) is 4.62. The molecule has 1 N–H and O–H groups in total. The zero-order valence-corrected chi connectivity index (χ0v) is 13.4. The molecule has 0 amide bonds. The molecule has 6 nitrogen and oxygen atoms in total. The van der Waals surface area contributed by atoms with Crippen LogP contribution in [-0.4, -0.2) is 31.2 Å². The Hall–Kier alpha value is -2.54. The molecule has 1 fully saturated rings. The van der Waals surface area contributed by atoms with E-state index < -0.39 is 0 Å². The summed E-state index contributed by atoms with van der Waals surface area (Å²) in [7, 11) is 1.77. The molecule has 24 heavy (non-hydrogen) atoms. The normalized spacial score (nSPS) is 18.5. The van der Waals surface area contributed by atoms with Gasteiger partial charge >= 0.3 is 0 Å². The highest BCUT2D eigenvalue weighted by Gasteiger charge is 2.26. The zero-order chi connectivity index (χ0) is 16.7. The number of hydrogen-bond donors (Lipinski definition) is 1. The fourth-order valence-electron chi connectivity index (χ4n) is 3.42. The van der Waals surface area contributed by atoms with Crippen LogP contribution in [0.25, 0.3) is 11.0 Å². The second-order valence-electron chi connectivity index (χ2n) is 6.20. The molecule has 3 heterocycles. The predicted octanol–water partition coefficient (Wildman–Crippen LogP) is 2.13. The standard InChI is InChI=1S/C17H18FN5O/c1-22-16-13(9-19-22)17(24)21-15(20-16)10-23-8-2-3-14(23)11-4-6-12(18)7-5-11/h4-7,9,14H,2-3,8,10H2,1H3,(H,20,21,24). The largest absolute Gasteiger partial charge is 0.309 e. The van der Waals surface area contributed by atoms with E-state index in [9.17, 15) is 9.18 Å². The number of benzene rings is 1. The maximum Gasteiger partial charge on any atom is 0.262 e. The molecule has 0 bridgehead atoms. The van der Waals surface area contributed by atoms with Crippen LogP contribution < -0.4 is 5.56 Å². The maximum atomic E-state index is 13.1. The van der Waals surface area contributed by atoms with Gasteiger partial charge in [-0.15, -0.1) is 0 Å². The maximum absolute atomic E-state index is 13.1. The summed E-state index contributed by atoms with van der Waals surface area (Å²) in [4.78, 5) is 21.8. The summed E-state index contributed by atoms with van der Waals surface area (Å²) in [6, 6.07) is 6.87. The molecule has 0 aliphatic carbocycles. The van der Waals surface area contributed by atoms with E-state index in [1.165, 1.54) is 18.3 Å². The molecule has 3 aromatic rings. The van der Waals surface area contributed by atoms with E-state index in [1.807, 2.05) is 12.1 Å². The molecule has 1 unspecified atom stereocenters. The number of aromatic nitrogens is 4. The van der Waals surface area contributed by atoms with Crippen LogP contribution in [-0.2, 0) is 13.6 Å². The summed E-state index contributed by atoms with van der Waals surface area (Å²) >= 11 is 0. The van der Waals surface area contributed by atoms with Crippen molar-refractivity contribution >= 4 is 11.0 Å². The first-order valence-corrected chi connectivity index (χ1v) is 8.02. The lowest BCUT2D eigenvalue weighted by Gasteiger charge is -2.24. The predicted molar refractivity (Wildman–Crippen MR) is 87.9 cm³/mol. The monoisotopic (exact) mass is 327 g/mol. The third-order valence-electron chi connectivity index (χ3n) is 4.62. The Balaban J connectivity index is 1.63. The van der Waals surface area contributed by atoms with E-state index in [4.69, 9.17) is 0 Å². The van der Waals surface area contributed by atoms with E-state index in [0.717, 1.165) is 24.9 Å². The van der Waals surface area contributed by atoms with Gasteiger partial charge in [-0.1, -0.05) is 12.1 Å². The number of hydrogen-bond acceptors (Lipinski definition) is 4. The van der Waals surface area contributed by atoms with E-state index >= 15 is 0 Å². The van der Waals surface area contributed by atoms with Gasteiger partial charge < -0.3 is 4.98 Å². The summed E-state index contributed by atoms with van der Waals surface area (Å²) in [6.07, 6.45) is 3.62. The fourth-order valence-corrected chi connectivity index (χ4v) is 3.42. The van der Waals surface area contributed by atoms with Crippen LogP contribution in [0, 0.1) is 5.82 Å². The van der Waals surface area contributed by atoms with Crippen LogP contribution in [0.15, 0.2) is 35.3 Å². The second kappa shape index (κ2) is 5.83. The summed E-state index contributed by atoms with van der Waals surface area (Å²) in [5.74, 6) is 0.404. The highest BCUT2D eigenvalue weighted by Crippen LogP contribution is 2.32. The zero-order valence-electron chi connectivity index (χ0n) is 13.4. The van der Waals surface area contributed by atoms with Crippen LogP contribution in [0.3, 0.4) is 0 Å². The lowest BCUT2D eigenvalue weighted by Crippen LogP contribution is -2.25. The minimum atomic E-state index is -0.226. The Kier molecular flexibility index (Phi) is 3.65. The van der Waals surface area contributed by atoms with Gasteiger partial charge in [-0.05, 0) is 37.1 Å². The summed E-state index contributed by atoms with van der Waals surface area (Å²) in [6.45, 7) is 1.48. The average molecular weight is 327 g/mol. The molecule has 1 atom stereocenters. The van der Waals surface area contributed by atoms with Crippen molar-refractivity contribution in [3.63, 3.8) is 0 Å². The number of rotatable bonds is 3. The minimum absolute atomic E-state index is 0.166. The molecule has 1 saturated heterocycles. The van der Waals surface area contributed by atoms with E-state index in [2.05, 4.69) is 20.0 Å². The molecule has 1 aromatic carbocycles. The lowest BCUT2D eigenvalue weighted by molar-refractivity contribution is 0.242. The SMILES string of the molecule is Cn1ncc2c(=O)[nH]c(CN3CCCC3c3ccc(F)cc3)nc21. The average Bonchev–Trinajstić information content (AvgIpc) is 3.16.